The lowest BCUT2D eigenvalue weighted by Gasteiger charge is -2.21. The Bertz CT molecular complexity index is 442. The largest absolute Gasteiger partial charge is 0.365 e. The molecule has 116 valence electrons. The van der Waals surface area contributed by atoms with Gasteiger partial charge in [0.25, 0.3) is 0 Å². The summed E-state index contributed by atoms with van der Waals surface area (Å²) in [6.45, 7) is 4.23. The van der Waals surface area contributed by atoms with Crippen LogP contribution in [0.15, 0.2) is 24.4 Å². The summed E-state index contributed by atoms with van der Waals surface area (Å²) >= 11 is 0. The Hall–Kier alpha value is -1.70. The first kappa shape index (κ1) is 15.7. The molecule has 7 heteroatoms. The summed E-state index contributed by atoms with van der Waals surface area (Å²) in [4.78, 5) is 17.2. The molecule has 1 aliphatic rings. The van der Waals surface area contributed by atoms with Crippen molar-refractivity contribution >= 4 is 11.7 Å². The molecule has 1 unspecified atom stereocenters. The maximum atomic E-state index is 10.7. The average molecular weight is 293 g/mol. The third-order valence-electron chi connectivity index (χ3n) is 3.39. The molecule has 0 aromatic carbocycles. The van der Waals surface area contributed by atoms with Crippen LogP contribution in [0.3, 0.4) is 0 Å². The van der Waals surface area contributed by atoms with E-state index in [9.17, 15) is 9.90 Å². The second-order valence-electron chi connectivity index (χ2n) is 5.13. The minimum absolute atomic E-state index is 0.0685. The van der Waals surface area contributed by atoms with Crippen molar-refractivity contribution in [2.75, 3.05) is 31.1 Å². The fourth-order valence-electron chi connectivity index (χ4n) is 2.37. The van der Waals surface area contributed by atoms with Crippen molar-refractivity contribution in [2.24, 2.45) is 0 Å². The van der Waals surface area contributed by atoms with Gasteiger partial charge < -0.3 is 15.3 Å². The van der Waals surface area contributed by atoms with Crippen LogP contribution in [0.5, 0.6) is 0 Å². The normalized spacial score (nSPS) is 19.5. The molecule has 7 nitrogen and oxygen atoms in total. The van der Waals surface area contributed by atoms with Gasteiger partial charge in [-0.2, -0.15) is 0 Å². The van der Waals surface area contributed by atoms with E-state index in [1.54, 1.807) is 6.20 Å². The van der Waals surface area contributed by atoms with Crippen LogP contribution in [0.4, 0.5) is 5.82 Å². The second kappa shape index (κ2) is 7.92. The molecule has 2 atom stereocenters. The van der Waals surface area contributed by atoms with Gasteiger partial charge in [0.05, 0.1) is 0 Å². The molecule has 0 saturated carbocycles. The second-order valence-corrected chi connectivity index (χ2v) is 5.13. The molecule has 0 radical (unpaired) electrons. The first-order valence-corrected chi connectivity index (χ1v) is 7.23. The Morgan fingerprint density at radius 2 is 2.38 bits per heavy atom. The molecule has 1 aromatic heterocycles. The van der Waals surface area contributed by atoms with Crippen LogP contribution in [0, 0.1) is 0 Å². The number of amides is 1. The van der Waals surface area contributed by atoms with Crippen LogP contribution in [0.1, 0.15) is 13.3 Å². The fourth-order valence-corrected chi connectivity index (χ4v) is 2.37. The zero-order valence-electron chi connectivity index (χ0n) is 12.2. The van der Waals surface area contributed by atoms with Crippen LogP contribution in [-0.2, 0) is 4.79 Å². The minimum atomic E-state index is -0.771. The highest BCUT2D eigenvalue weighted by Gasteiger charge is 2.24. The summed E-state index contributed by atoms with van der Waals surface area (Å²) in [5.41, 5.74) is 0. The first-order chi connectivity index (χ1) is 10.1. The molecule has 1 fully saturated rings. The number of aromatic nitrogens is 1. The highest BCUT2D eigenvalue weighted by molar-refractivity contribution is 5.72. The van der Waals surface area contributed by atoms with Crippen molar-refractivity contribution in [1.29, 1.82) is 0 Å². The van der Waals surface area contributed by atoms with E-state index in [0.717, 1.165) is 25.3 Å². The van der Waals surface area contributed by atoms with Gasteiger partial charge in [-0.3, -0.25) is 15.4 Å². The smallest absolute Gasteiger partial charge is 0.216 e. The molecule has 4 N–H and O–H groups in total. The number of hydrogen-bond acceptors (Lipinski definition) is 6. The number of nitrogens with zero attached hydrogens (tertiary/aromatic N) is 2. The number of pyridine rings is 1. The highest BCUT2D eigenvalue weighted by Crippen LogP contribution is 2.17. The molecule has 1 amide bonds. The first-order valence-electron chi connectivity index (χ1n) is 7.23. The molecular formula is C14H23N5O2. The monoisotopic (exact) mass is 293 g/mol. The van der Waals surface area contributed by atoms with Gasteiger partial charge in [-0.15, -0.1) is 0 Å². The van der Waals surface area contributed by atoms with Crippen LogP contribution in [-0.4, -0.2) is 54.6 Å². The number of rotatable bonds is 7. The lowest BCUT2D eigenvalue weighted by Crippen LogP contribution is -2.49. The number of aliphatic hydroxyl groups is 1. The Kier molecular flexibility index (Phi) is 5.91. The molecule has 0 bridgehead atoms. The Morgan fingerprint density at radius 1 is 1.52 bits per heavy atom. The van der Waals surface area contributed by atoms with Crippen LogP contribution < -0.4 is 20.9 Å². The minimum Gasteiger partial charge on any atom is -0.365 e. The van der Waals surface area contributed by atoms with Gasteiger partial charge in [0.15, 0.2) is 6.35 Å². The molecule has 0 aliphatic carbocycles. The zero-order chi connectivity index (χ0) is 15.1. The van der Waals surface area contributed by atoms with E-state index in [1.165, 1.54) is 6.92 Å². The molecule has 2 heterocycles. The summed E-state index contributed by atoms with van der Waals surface area (Å²) in [5.74, 6) is 0.899. The summed E-state index contributed by atoms with van der Waals surface area (Å²) in [6, 6.07) is 6.08. The Morgan fingerprint density at radius 3 is 3.10 bits per heavy atom. The maximum absolute atomic E-state index is 10.7. The van der Waals surface area contributed by atoms with Crippen molar-refractivity contribution in [1.82, 2.24) is 20.9 Å². The van der Waals surface area contributed by atoms with Crippen molar-refractivity contribution in [3.63, 3.8) is 0 Å². The number of hydrogen-bond donors (Lipinski definition) is 4. The van der Waals surface area contributed by atoms with Crippen LogP contribution >= 0.6 is 0 Å². The van der Waals surface area contributed by atoms with Crippen molar-refractivity contribution in [2.45, 2.75) is 25.7 Å². The number of nitrogens with one attached hydrogen (secondary N) is 3. The predicted molar refractivity (Wildman–Crippen MR) is 80.7 cm³/mol. The fraction of sp³-hybridized carbons (Fsp3) is 0.571. The van der Waals surface area contributed by atoms with Crippen molar-refractivity contribution in [3.05, 3.63) is 24.4 Å². The zero-order valence-corrected chi connectivity index (χ0v) is 12.2. The summed E-state index contributed by atoms with van der Waals surface area (Å²) in [5, 5.41) is 18.6. The topological polar surface area (TPSA) is 89.5 Å². The van der Waals surface area contributed by atoms with Gasteiger partial charge in [0.1, 0.15) is 5.82 Å². The SMILES string of the molecule is CC(=O)NCCNC(O)N[C@H]1CCN(c2ccccn2)C1. The van der Waals surface area contributed by atoms with Gasteiger partial charge in [-0.1, -0.05) is 6.07 Å². The predicted octanol–water partition coefficient (Wildman–Crippen LogP) is -0.748. The lowest BCUT2D eigenvalue weighted by molar-refractivity contribution is -0.118. The molecule has 1 saturated heterocycles. The van der Waals surface area contributed by atoms with Crippen LogP contribution in [0.25, 0.3) is 0 Å². The van der Waals surface area contributed by atoms with E-state index in [2.05, 4.69) is 25.8 Å². The van der Waals surface area contributed by atoms with Crippen molar-refractivity contribution in [3.8, 4) is 0 Å². The van der Waals surface area contributed by atoms with Gasteiger partial charge in [0.2, 0.25) is 5.91 Å². The van der Waals surface area contributed by atoms with Gasteiger partial charge in [0, 0.05) is 45.3 Å². The number of carbonyl (C=O) groups excluding carboxylic acids is 1. The average Bonchev–Trinajstić information content (AvgIpc) is 2.93. The molecule has 1 aliphatic heterocycles. The van der Waals surface area contributed by atoms with E-state index in [-0.39, 0.29) is 11.9 Å². The van der Waals surface area contributed by atoms with E-state index < -0.39 is 6.35 Å². The maximum Gasteiger partial charge on any atom is 0.216 e. The van der Waals surface area contributed by atoms with Gasteiger partial charge >= 0.3 is 0 Å². The van der Waals surface area contributed by atoms with E-state index in [4.69, 9.17) is 0 Å². The van der Waals surface area contributed by atoms with Gasteiger partial charge in [-0.25, -0.2) is 4.98 Å². The number of anilines is 1. The third-order valence-corrected chi connectivity index (χ3v) is 3.39. The van der Waals surface area contributed by atoms with Gasteiger partial charge in [-0.05, 0) is 18.6 Å². The van der Waals surface area contributed by atoms with E-state index >= 15 is 0 Å². The lowest BCUT2D eigenvalue weighted by atomic mass is 10.3. The molecular weight excluding hydrogens is 270 g/mol. The number of aliphatic hydroxyl groups excluding tert-OH is 1. The van der Waals surface area contributed by atoms with Crippen LogP contribution in [0.2, 0.25) is 0 Å². The van der Waals surface area contributed by atoms with E-state index in [1.807, 2.05) is 18.2 Å². The quantitative estimate of drug-likeness (QED) is 0.391. The molecule has 0 spiro atoms. The third kappa shape index (κ3) is 5.30. The molecule has 21 heavy (non-hydrogen) atoms. The summed E-state index contributed by atoms with van der Waals surface area (Å²) in [6.07, 6.45) is 1.97. The number of carbonyl (C=O) groups is 1. The Labute approximate surface area is 124 Å². The summed E-state index contributed by atoms with van der Waals surface area (Å²) in [7, 11) is 0. The van der Waals surface area contributed by atoms with E-state index in [0.29, 0.717) is 13.1 Å². The van der Waals surface area contributed by atoms with Crippen molar-refractivity contribution < 1.29 is 9.90 Å². The standard InChI is InChI=1S/C14H23N5O2/c1-11(20)15-7-8-17-14(21)18-12-5-9-19(10-12)13-4-2-3-6-16-13/h2-4,6,12,14,17-18,21H,5,7-10H2,1H3,(H,15,20)/t12-,14?/m0/s1. The molecule has 2 rings (SSSR count). The summed E-state index contributed by atoms with van der Waals surface area (Å²) < 4.78 is 0. The highest BCUT2D eigenvalue weighted by atomic mass is 16.3. The molecule has 1 aromatic rings. The Balaban J connectivity index is 1.66.